The second kappa shape index (κ2) is 11.2. The maximum Gasteiger partial charge on any atom is 0.330 e. The van der Waals surface area contributed by atoms with Gasteiger partial charge in [0.2, 0.25) is 0 Å². The highest BCUT2D eigenvalue weighted by Gasteiger charge is 2.02. The van der Waals surface area contributed by atoms with Crippen LogP contribution in [0.5, 0.6) is 0 Å². The number of hydrogen-bond acceptors (Lipinski definition) is 3. The van der Waals surface area contributed by atoms with Crippen LogP contribution in [0, 0.1) is 11.3 Å². The second-order valence-corrected chi connectivity index (χ2v) is 4.15. The SMILES string of the molecule is CCCCCC/C(=C\C(=O)OC)CCCC#N. The zero-order valence-corrected chi connectivity index (χ0v) is 11.0. The summed E-state index contributed by atoms with van der Waals surface area (Å²) in [6.07, 6.45) is 9.50. The Kier molecular flexibility index (Phi) is 10.3. The summed E-state index contributed by atoms with van der Waals surface area (Å²) in [7, 11) is 1.39. The summed E-state index contributed by atoms with van der Waals surface area (Å²) in [6, 6.07) is 2.12. The van der Waals surface area contributed by atoms with Crippen LogP contribution in [0.2, 0.25) is 0 Å². The average Bonchev–Trinajstić information content (AvgIpc) is 2.34. The second-order valence-electron chi connectivity index (χ2n) is 4.15. The van der Waals surface area contributed by atoms with Gasteiger partial charge >= 0.3 is 5.97 Å². The fourth-order valence-corrected chi connectivity index (χ4v) is 1.67. The number of hydrogen-bond donors (Lipinski definition) is 0. The van der Waals surface area contributed by atoms with Crippen LogP contribution in [-0.2, 0) is 9.53 Å². The fourth-order valence-electron chi connectivity index (χ4n) is 1.67. The van der Waals surface area contributed by atoms with Gasteiger partial charge in [-0.3, -0.25) is 0 Å². The number of unbranched alkanes of at least 4 members (excludes halogenated alkanes) is 4. The van der Waals surface area contributed by atoms with Gasteiger partial charge in [-0.2, -0.15) is 5.26 Å². The topological polar surface area (TPSA) is 50.1 Å². The van der Waals surface area contributed by atoms with Crippen molar-refractivity contribution < 1.29 is 9.53 Å². The van der Waals surface area contributed by atoms with Crippen LogP contribution >= 0.6 is 0 Å². The fraction of sp³-hybridized carbons (Fsp3) is 0.714. The Morgan fingerprint density at radius 1 is 1.24 bits per heavy atom. The molecule has 0 aromatic carbocycles. The van der Waals surface area contributed by atoms with E-state index in [2.05, 4.69) is 17.7 Å². The molecule has 0 radical (unpaired) electrons. The van der Waals surface area contributed by atoms with Crippen LogP contribution < -0.4 is 0 Å². The largest absolute Gasteiger partial charge is 0.466 e. The number of carbonyl (C=O) groups is 1. The predicted molar refractivity (Wildman–Crippen MR) is 68.3 cm³/mol. The molecule has 0 aliphatic rings. The van der Waals surface area contributed by atoms with Crippen LogP contribution in [0.1, 0.15) is 58.3 Å². The molecule has 0 rings (SSSR count). The lowest BCUT2D eigenvalue weighted by molar-refractivity contribution is -0.134. The molecule has 0 aliphatic carbocycles. The number of allylic oxidation sites excluding steroid dienone is 1. The van der Waals surface area contributed by atoms with Gasteiger partial charge in [-0.25, -0.2) is 4.79 Å². The summed E-state index contributed by atoms with van der Waals surface area (Å²) in [6.45, 7) is 2.18. The zero-order chi connectivity index (χ0) is 12.9. The number of methoxy groups -OCH3 is 1. The van der Waals surface area contributed by atoms with E-state index < -0.39 is 0 Å². The van der Waals surface area contributed by atoms with Crippen molar-refractivity contribution in [3.63, 3.8) is 0 Å². The van der Waals surface area contributed by atoms with Gasteiger partial charge in [0.05, 0.1) is 13.2 Å². The van der Waals surface area contributed by atoms with E-state index in [0.717, 1.165) is 31.3 Å². The van der Waals surface area contributed by atoms with Crippen molar-refractivity contribution in [2.75, 3.05) is 7.11 Å². The first-order valence-corrected chi connectivity index (χ1v) is 6.39. The van der Waals surface area contributed by atoms with E-state index in [0.29, 0.717) is 6.42 Å². The molecular weight excluding hydrogens is 214 g/mol. The molecule has 0 atom stereocenters. The maximum absolute atomic E-state index is 11.2. The van der Waals surface area contributed by atoms with E-state index in [4.69, 9.17) is 5.26 Å². The monoisotopic (exact) mass is 237 g/mol. The molecule has 0 aromatic rings. The van der Waals surface area contributed by atoms with E-state index in [1.54, 1.807) is 6.08 Å². The van der Waals surface area contributed by atoms with Gasteiger partial charge in [0.25, 0.3) is 0 Å². The molecule has 3 heteroatoms. The smallest absolute Gasteiger partial charge is 0.330 e. The van der Waals surface area contributed by atoms with Crippen molar-refractivity contribution in [2.24, 2.45) is 0 Å². The number of nitrogens with zero attached hydrogens (tertiary/aromatic N) is 1. The van der Waals surface area contributed by atoms with Gasteiger partial charge in [0.1, 0.15) is 0 Å². The van der Waals surface area contributed by atoms with Crippen molar-refractivity contribution in [3.8, 4) is 6.07 Å². The molecule has 0 aromatic heterocycles. The lowest BCUT2D eigenvalue weighted by Crippen LogP contribution is -1.98. The van der Waals surface area contributed by atoms with Crippen molar-refractivity contribution >= 4 is 5.97 Å². The Hall–Kier alpha value is -1.30. The molecule has 0 aliphatic heterocycles. The number of ether oxygens (including phenoxy) is 1. The third-order valence-corrected chi connectivity index (χ3v) is 2.66. The Balaban J connectivity index is 4.06. The molecule has 0 saturated carbocycles. The first-order valence-electron chi connectivity index (χ1n) is 6.39. The van der Waals surface area contributed by atoms with Gasteiger partial charge in [-0.05, 0) is 25.7 Å². The quantitative estimate of drug-likeness (QED) is 0.348. The van der Waals surface area contributed by atoms with Crippen molar-refractivity contribution in [3.05, 3.63) is 11.6 Å². The molecule has 0 unspecified atom stereocenters. The first-order chi connectivity index (χ1) is 8.24. The molecule has 17 heavy (non-hydrogen) atoms. The van der Waals surface area contributed by atoms with E-state index >= 15 is 0 Å². The van der Waals surface area contributed by atoms with E-state index in [-0.39, 0.29) is 5.97 Å². The number of esters is 1. The Morgan fingerprint density at radius 2 is 1.94 bits per heavy atom. The van der Waals surface area contributed by atoms with Crippen molar-refractivity contribution in [1.82, 2.24) is 0 Å². The highest BCUT2D eigenvalue weighted by Crippen LogP contribution is 2.16. The summed E-state index contributed by atoms with van der Waals surface area (Å²) < 4.78 is 4.63. The van der Waals surface area contributed by atoms with Gasteiger partial charge in [-0.15, -0.1) is 0 Å². The summed E-state index contributed by atoms with van der Waals surface area (Å²) in [4.78, 5) is 11.2. The van der Waals surface area contributed by atoms with Crippen LogP contribution in [-0.4, -0.2) is 13.1 Å². The zero-order valence-electron chi connectivity index (χ0n) is 11.0. The minimum absolute atomic E-state index is 0.285. The highest BCUT2D eigenvalue weighted by atomic mass is 16.5. The molecule has 0 amide bonds. The molecule has 0 saturated heterocycles. The Bertz CT molecular complexity index is 276. The molecular formula is C14H23NO2. The van der Waals surface area contributed by atoms with Crippen molar-refractivity contribution in [1.29, 1.82) is 5.26 Å². The summed E-state index contributed by atoms with van der Waals surface area (Å²) in [5.41, 5.74) is 1.11. The Labute approximate surface area is 104 Å². The lowest BCUT2D eigenvalue weighted by Gasteiger charge is -2.06. The molecule has 96 valence electrons. The molecule has 0 N–H and O–H groups in total. The van der Waals surface area contributed by atoms with Gasteiger partial charge in [-0.1, -0.05) is 31.8 Å². The van der Waals surface area contributed by atoms with E-state index in [1.165, 1.54) is 26.4 Å². The number of nitriles is 1. The third kappa shape index (κ3) is 9.62. The molecule has 3 nitrogen and oxygen atoms in total. The average molecular weight is 237 g/mol. The van der Waals surface area contributed by atoms with Gasteiger partial charge < -0.3 is 4.74 Å². The minimum Gasteiger partial charge on any atom is -0.466 e. The molecule has 0 fully saturated rings. The van der Waals surface area contributed by atoms with Crippen molar-refractivity contribution in [2.45, 2.75) is 58.3 Å². The first kappa shape index (κ1) is 15.7. The van der Waals surface area contributed by atoms with Gasteiger partial charge in [0.15, 0.2) is 0 Å². The minimum atomic E-state index is -0.285. The maximum atomic E-state index is 11.2. The third-order valence-electron chi connectivity index (χ3n) is 2.66. The summed E-state index contributed by atoms with van der Waals surface area (Å²) in [5.74, 6) is -0.285. The standard InChI is InChI=1S/C14H23NO2/c1-3-4-5-6-9-13(10-7-8-11-15)12-14(16)17-2/h12H,3-10H2,1-2H3/b13-12+. The Morgan fingerprint density at radius 3 is 2.53 bits per heavy atom. The predicted octanol–water partition coefficient (Wildman–Crippen LogP) is 3.75. The van der Waals surface area contributed by atoms with Crippen LogP contribution in [0.4, 0.5) is 0 Å². The van der Waals surface area contributed by atoms with Crippen LogP contribution in [0.15, 0.2) is 11.6 Å². The normalized spacial score (nSPS) is 11.0. The van der Waals surface area contributed by atoms with Gasteiger partial charge in [0, 0.05) is 12.5 Å². The van der Waals surface area contributed by atoms with Crippen LogP contribution in [0.3, 0.4) is 0 Å². The molecule has 0 spiro atoms. The number of carbonyl (C=O) groups excluding carboxylic acids is 1. The van der Waals surface area contributed by atoms with E-state index in [1.807, 2.05) is 0 Å². The lowest BCUT2D eigenvalue weighted by atomic mass is 10.0. The number of rotatable bonds is 9. The highest BCUT2D eigenvalue weighted by molar-refractivity contribution is 5.82. The summed E-state index contributed by atoms with van der Waals surface area (Å²) in [5, 5.41) is 8.49. The molecule has 0 bridgehead atoms. The van der Waals surface area contributed by atoms with E-state index in [9.17, 15) is 4.79 Å². The summed E-state index contributed by atoms with van der Waals surface area (Å²) >= 11 is 0. The van der Waals surface area contributed by atoms with Crippen LogP contribution in [0.25, 0.3) is 0 Å². The molecule has 0 heterocycles.